The summed E-state index contributed by atoms with van der Waals surface area (Å²) in [6.45, 7) is 19.9. The molecule has 4 nitrogen and oxygen atoms in total. The molecule has 2 heterocycles. The van der Waals surface area contributed by atoms with Crippen LogP contribution in [0.1, 0.15) is 43.4 Å². The minimum Gasteiger partial charge on any atom is -0.371 e. The summed E-state index contributed by atoms with van der Waals surface area (Å²) in [7, 11) is 0. The summed E-state index contributed by atoms with van der Waals surface area (Å²) in [4.78, 5) is 19.1. The number of aryl methyl sites for hydroxylation is 3. The van der Waals surface area contributed by atoms with Gasteiger partial charge in [-0.3, -0.25) is 9.20 Å². The van der Waals surface area contributed by atoms with Crippen LogP contribution in [0.3, 0.4) is 0 Å². The molecule has 3 aromatic rings. The molecule has 0 aliphatic rings. The topological polar surface area (TPSA) is 29.1 Å². The molecule has 0 bridgehead atoms. The first-order valence-corrected chi connectivity index (χ1v) is 10.3. The lowest BCUT2D eigenvalue weighted by atomic mass is 9.96. The molecular formula is C25H29N3O. The van der Waals surface area contributed by atoms with Crippen molar-refractivity contribution in [3.63, 3.8) is 0 Å². The molecule has 0 fully saturated rings. The van der Waals surface area contributed by atoms with Crippen LogP contribution in [0.15, 0.2) is 41.2 Å². The molecule has 0 radical (unpaired) electrons. The van der Waals surface area contributed by atoms with E-state index in [-0.39, 0.29) is 11.2 Å². The smallest absolute Gasteiger partial charge is 0.262 e. The maximum atomic E-state index is 13.3. The van der Waals surface area contributed by atoms with Gasteiger partial charge in [0, 0.05) is 18.7 Å². The van der Waals surface area contributed by atoms with Crippen LogP contribution in [0.5, 0.6) is 0 Å². The number of anilines is 1. The summed E-state index contributed by atoms with van der Waals surface area (Å²) in [5.74, 6) is 0. The Morgan fingerprint density at radius 2 is 1.62 bits per heavy atom. The van der Waals surface area contributed by atoms with Gasteiger partial charge in [0.15, 0.2) is 0 Å². The number of fused-ring (bicyclic) bond motifs is 1. The average Bonchev–Trinajstić information content (AvgIpc) is 2.67. The van der Waals surface area contributed by atoms with Gasteiger partial charge in [-0.25, -0.2) is 4.85 Å². The number of aromatic nitrogens is 1. The molecule has 150 valence electrons. The summed E-state index contributed by atoms with van der Waals surface area (Å²) in [6, 6.07) is 12.1. The first-order valence-electron chi connectivity index (χ1n) is 10.3. The van der Waals surface area contributed by atoms with Gasteiger partial charge < -0.3 is 4.90 Å². The van der Waals surface area contributed by atoms with Crippen LogP contribution in [-0.4, -0.2) is 17.5 Å². The fraction of sp³-hybridized carbons (Fsp3) is 0.360. The van der Waals surface area contributed by atoms with Crippen LogP contribution in [0.2, 0.25) is 0 Å². The number of hydrogen-bond donors (Lipinski definition) is 0. The standard InChI is InChI=1S/C25H29N3O/c1-7-12-27(13-8-2)23-16-20(26-6)25(29)28-21(23)10-9-11-22(28)24-18(4)14-17(3)15-19(24)5/h9-11,14-16H,7-8,12-13H2,1-5H3. The van der Waals surface area contributed by atoms with Crippen LogP contribution in [0, 0.1) is 27.3 Å². The highest BCUT2D eigenvalue weighted by Gasteiger charge is 2.18. The lowest BCUT2D eigenvalue weighted by Gasteiger charge is -2.26. The molecule has 0 spiro atoms. The fourth-order valence-corrected chi connectivity index (χ4v) is 4.31. The quantitative estimate of drug-likeness (QED) is 0.480. The normalized spacial score (nSPS) is 10.9. The molecule has 2 aromatic heterocycles. The van der Waals surface area contributed by atoms with Gasteiger partial charge in [0.05, 0.1) is 23.5 Å². The Morgan fingerprint density at radius 3 is 2.17 bits per heavy atom. The molecule has 0 saturated heterocycles. The monoisotopic (exact) mass is 387 g/mol. The highest BCUT2D eigenvalue weighted by atomic mass is 16.1. The zero-order valence-electron chi connectivity index (χ0n) is 18.0. The predicted octanol–water partition coefficient (Wildman–Crippen LogP) is 6.07. The summed E-state index contributed by atoms with van der Waals surface area (Å²) in [5, 5.41) is 0. The number of nitrogens with zero attached hydrogens (tertiary/aromatic N) is 3. The second-order valence-corrected chi connectivity index (χ2v) is 7.72. The second kappa shape index (κ2) is 8.53. The first-order chi connectivity index (χ1) is 13.9. The second-order valence-electron chi connectivity index (χ2n) is 7.72. The maximum absolute atomic E-state index is 13.3. The molecule has 0 amide bonds. The van der Waals surface area contributed by atoms with E-state index in [2.05, 4.69) is 56.5 Å². The largest absolute Gasteiger partial charge is 0.371 e. The third-order valence-corrected chi connectivity index (χ3v) is 5.33. The third kappa shape index (κ3) is 3.78. The van der Waals surface area contributed by atoms with Gasteiger partial charge in [0.2, 0.25) is 0 Å². The third-order valence-electron chi connectivity index (χ3n) is 5.33. The van der Waals surface area contributed by atoms with Crippen LogP contribution in [0.4, 0.5) is 11.4 Å². The van der Waals surface area contributed by atoms with Crippen LogP contribution < -0.4 is 10.5 Å². The molecule has 0 N–H and O–H groups in total. The van der Waals surface area contributed by atoms with E-state index in [0.29, 0.717) is 0 Å². The summed E-state index contributed by atoms with van der Waals surface area (Å²) < 4.78 is 1.74. The van der Waals surface area contributed by atoms with E-state index >= 15 is 0 Å². The van der Waals surface area contributed by atoms with Crippen molar-refractivity contribution in [2.24, 2.45) is 0 Å². The summed E-state index contributed by atoms with van der Waals surface area (Å²) in [5.41, 5.74) is 7.13. The Labute approximate surface area is 173 Å². The Balaban J connectivity index is 2.43. The van der Waals surface area contributed by atoms with Crippen molar-refractivity contribution >= 4 is 16.9 Å². The Bertz CT molecular complexity index is 1120. The van der Waals surface area contributed by atoms with Crippen molar-refractivity contribution in [3.05, 3.63) is 74.9 Å². The number of pyridine rings is 2. The maximum Gasteiger partial charge on any atom is 0.262 e. The van der Waals surface area contributed by atoms with Crippen molar-refractivity contribution in [2.75, 3.05) is 18.0 Å². The van der Waals surface area contributed by atoms with Crippen LogP contribution >= 0.6 is 0 Å². The minimum absolute atomic E-state index is 0.171. The highest BCUT2D eigenvalue weighted by Crippen LogP contribution is 2.32. The van der Waals surface area contributed by atoms with E-state index in [1.165, 1.54) is 5.56 Å². The fourth-order valence-electron chi connectivity index (χ4n) is 4.31. The molecule has 0 aliphatic carbocycles. The summed E-state index contributed by atoms with van der Waals surface area (Å²) >= 11 is 0. The number of benzene rings is 1. The molecule has 0 atom stereocenters. The van der Waals surface area contributed by atoms with Gasteiger partial charge in [-0.05, 0) is 62.9 Å². The molecule has 4 heteroatoms. The molecule has 0 aliphatic heterocycles. The molecule has 0 unspecified atom stereocenters. The molecule has 3 rings (SSSR count). The van der Waals surface area contributed by atoms with Gasteiger partial charge in [-0.2, -0.15) is 0 Å². The Hall–Kier alpha value is -3.06. The molecule has 29 heavy (non-hydrogen) atoms. The first kappa shape index (κ1) is 20.7. The average molecular weight is 388 g/mol. The van der Waals surface area contributed by atoms with Gasteiger partial charge in [-0.1, -0.05) is 37.6 Å². The van der Waals surface area contributed by atoms with Crippen LogP contribution in [0.25, 0.3) is 21.6 Å². The Morgan fingerprint density at radius 1 is 1.00 bits per heavy atom. The van der Waals surface area contributed by atoms with E-state index in [9.17, 15) is 4.79 Å². The van der Waals surface area contributed by atoms with Crippen molar-refractivity contribution in [1.29, 1.82) is 0 Å². The van der Waals surface area contributed by atoms with Gasteiger partial charge >= 0.3 is 0 Å². The molecular weight excluding hydrogens is 358 g/mol. The van der Waals surface area contributed by atoms with E-state index in [1.54, 1.807) is 10.5 Å². The van der Waals surface area contributed by atoms with Gasteiger partial charge in [0.25, 0.3) is 11.2 Å². The van der Waals surface area contributed by atoms with E-state index in [0.717, 1.165) is 59.5 Å². The number of hydrogen-bond acceptors (Lipinski definition) is 2. The lowest BCUT2D eigenvalue weighted by Crippen LogP contribution is -2.27. The van der Waals surface area contributed by atoms with Crippen molar-refractivity contribution in [3.8, 4) is 11.3 Å². The minimum atomic E-state index is -0.248. The Kier molecular flexibility index (Phi) is 6.08. The van der Waals surface area contributed by atoms with Crippen molar-refractivity contribution in [2.45, 2.75) is 47.5 Å². The summed E-state index contributed by atoms with van der Waals surface area (Å²) in [6.07, 6.45) is 2.02. The van der Waals surface area contributed by atoms with Gasteiger partial charge in [-0.15, -0.1) is 0 Å². The zero-order chi connectivity index (χ0) is 21.1. The van der Waals surface area contributed by atoms with Crippen molar-refractivity contribution in [1.82, 2.24) is 4.40 Å². The van der Waals surface area contributed by atoms with Crippen LogP contribution in [-0.2, 0) is 0 Å². The van der Waals surface area contributed by atoms with E-state index in [4.69, 9.17) is 6.57 Å². The predicted molar refractivity (Wildman–Crippen MR) is 122 cm³/mol. The SMILES string of the molecule is [C-]#[N+]c1cc(N(CCC)CCC)c2cccc(-c3c(C)cc(C)cc3C)n2c1=O. The molecule has 0 saturated carbocycles. The lowest BCUT2D eigenvalue weighted by molar-refractivity contribution is 0.745. The van der Waals surface area contributed by atoms with E-state index < -0.39 is 0 Å². The van der Waals surface area contributed by atoms with E-state index in [1.807, 2.05) is 18.2 Å². The zero-order valence-corrected chi connectivity index (χ0v) is 18.0. The molecule has 1 aromatic carbocycles. The van der Waals surface area contributed by atoms with Gasteiger partial charge in [0.1, 0.15) is 0 Å². The van der Waals surface area contributed by atoms with Crippen molar-refractivity contribution < 1.29 is 0 Å². The number of rotatable bonds is 6. The highest BCUT2D eigenvalue weighted by molar-refractivity contribution is 5.81.